The summed E-state index contributed by atoms with van der Waals surface area (Å²) in [5.74, 6) is -1.58. The van der Waals surface area contributed by atoms with Crippen molar-refractivity contribution in [2.45, 2.75) is 52.9 Å². The van der Waals surface area contributed by atoms with E-state index in [4.69, 9.17) is 0 Å². The molecule has 0 bridgehead atoms. The maximum Gasteiger partial charge on any atom is 0.236 e. The van der Waals surface area contributed by atoms with Gasteiger partial charge >= 0.3 is 0 Å². The van der Waals surface area contributed by atoms with Gasteiger partial charge in [0.25, 0.3) is 0 Å². The lowest BCUT2D eigenvalue weighted by atomic mass is 10.2. The average Bonchev–Trinajstić information content (AvgIpc) is 2.21. The summed E-state index contributed by atoms with van der Waals surface area (Å²) in [4.78, 5) is 46.3. The van der Waals surface area contributed by atoms with Gasteiger partial charge in [0.05, 0.1) is 12.8 Å². The number of rotatable bonds is 8. The van der Waals surface area contributed by atoms with Crippen LogP contribution in [-0.2, 0) is 19.2 Å². The van der Waals surface area contributed by atoms with Crippen LogP contribution in [0.3, 0.4) is 0 Å². The van der Waals surface area contributed by atoms with Crippen LogP contribution in [0.2, 0.25) is 0 Å². The molecule has 0 heterocycles. The third kappa shape index (κ3) is 6.93. The Balaban J connectivity index is 4.59. The summed E-state index contributed by atoms with van der Waals surface area (Å²) < 4.78 is 0. The molecule has 0 aromatic rings. The third-order valence-corrected chi connectivity index (χ3v) is 2.39. The molecule has 0 radical (unpaired) electrons. The van der Waals surface area contributed by atoms with Crippen molar-refractivity contribution in [1.82, 2.24) is 4.90 Å². The minimum atomic E-state index is -0.509. The van der Waals surface area contributed by atoms with Crippen molar-refractivity contribution in [1.29, 1.82) is 0 Å². The molecule has 0 saturated heterocycles. The second kappa shape index (κ2) is 8.55. The molecule has 0 aliphatic heterocycles. The van der Waals surface area contributed by atoms with E-state index in [-0.39, 0.29) is 31.0 Å². The van der Waals surface area contributed by atoms with E-state index in [1.54, 1.807) is 0 Å². The SMILES string of the molecule is CCCCCN(C(=O)CC(C)=O)C(=O)CC(C)=O. The molecule has 0 fully saturated rings. The van der Waals surface area contributed by atoms with Gasteiger partial charge in [-0.25, -0.2) is 0 Å². The Bertz CT molecular complexity index is 308. The van der Waals surface area contributed by atoms with Crippen LogP contribution in [0.1, 0.15) is 52.9 Å². The van der Waals surface area contributed by atoms with Crippen LogP contribution in [-0.4, -0.2) is 34.8 Å². The maximum atomic E-state index is 11.7. The summed E-state index contributed by atoms with van der Waals surface area (Å²) in [5.41, 5.74) is 0. The number of ketones is 2. The first kappa shape index (κ1) is 16.5. The summed E-state index contributed by atoms with van der Waals surface area (Å²) in [6.45, 7) is 4.90. The van der Waals surface area contributed by atoms with Gasteiger partial charge in [-0.2, -0.15) is 0 Å². The highest BCUT2D eigenvalue weighted by molar-refractivity contribution is 6.08. The Morgan fingerprint density at radius 1 is 0.833 bits per heavy atom. The molecule has 0 rings (SSSR count). The van der Waals surface area contributed by atoms with E-state index in [1.807, 2.05) is 6.92 Å². The standard InChI is InChI=1S/C13H21NO4/c1-4-5-6-7-14(12(17)8-10(2)15)13(18)9-11(3)16/h4-9H2,1-3H3. The number of carbonyl (C=O) groups is 4. The summed E-state index contributed by atoms with van der Waals surface area (Å²) in [7, 11) is 0. The molecule has 0 N–H and O–H groups in total. The van der Waals surface area contributed by atoms with Crippen LogP contribution in [0.5, 0.6) is 0 Å². The van der Waals surface area contributed by atoms with Crippen molar-refractivity contribution in [3.05, 3.63) is 0 Å². The van der Waals surface area contributed by atoms with Gasteiger partial charge in [-0.3, -0.25) is 24.1 Å². The van der Waals surface area contributed by atoms with Crippen LogP contribution in [0.4, 0.5) is 0 Å². The largest absolute Gasteiger partial charge is 0.299 e. The van der Waals surface area contributed by atoms with Crippen molar-refractivity contribution in [2.75, 3.05) is 6.54 Å². The Hall–Kier alpha value is -1.52. The topological polar surface area (TPSA) is 71.5 Å². The van der Waals surface area contributed by atoms with Gasteiger partial charge in [-0.1, -0.05) is 19.8 Å². The molecular formula is C13H21NO4. The predicted molar refractivity (Wildman–Crippen MR) is 66.8 cm³/mol. The monoisotopic (exact) mass is 255 g/mol. The first-order chi connectivity index (χ1) is 8.38. The van der Waals surface area contributed by atoms with Gasteiger partial charge in [-0.05, 0) is 20.3 Å². The maximum absolute atomic E-state index is 11.7. The molecule has 5 nitrogen and oxygen atoms in total. The zero-order chi connectivity index (χ0) is 14.1. The fraction of sp³-hybridized carbons (Fsp3) is 0.692. The number of hydrogen-bond acceptors (Lipinski definition) is 4. The van der Waals surface area contributed by atoms with Gasteiger partial charge in [0.15, 0.2) is 0 Å². The quantitative estimate of drug-likeness (QED) is 0.486. The van der Waals surface area contributed by atoms with Gasteiger partial charge in [0, 0.05) is 6.54 Å². The Labute approximate surface area is 108 Å². The fourth-order valence-electron chi connectivity index (χ4n) is 1.53. The number of Topliss-reactive ketones (excluding diaryl/α,β-unsaturated/α-hetero) is 2. The van der Waals surface area contributed by atoms with Crippen LogP contribution >= 0.6 is 0 Å². The second-order valence-corrected chi connectivity index (χ2v) is 4.40. The summed E-state index contributed by atoms with van der Waals surface area (Å²) >= 11 is 0. The van der Waals surface area contributed by atoms with E-state index < -0.39 is 11.8 Å². The highest BCUT2D eigenvalue weighted by atomic mass is 16.2. The zero-order valence-corrected chi connectivity index (χ0v) is 11.3. The summed E-state index contributed by atoms with van der Waals surface area (Å²) in [5, 5.41) is 0. The van der Waals surface area contributed by atoms with Crippen molar-refractivity contribution in [3.63, 3.8) is 0 Å². The third-order valence-electron chi connectivity index (χ3n) is 2.39. The number of nitrogens with zero attached hydrogens (tertiary/aromatic N) is 1. The van der Waals surface area contributed by atoms with Crippen molar-refractivity contribution >= 4 is 23.4 Å². The lowest BCUT2D eigenvalue weighted by Crippen LogP contribution is -2.39. The smallest absolute Gasteiger partial charge is 0.236 e. The summed E-state index contributed by atoms with van der Waals surface area (Å²) in [6.07, 6.45) is 2.00. The van der Waals surface area contributed by atoms with Crippen LogP contribution in [0, 0.1) is 0 Å². The number of amides is 2. The molecule has 0 atom stereocenters. The van der Waals surface area contributed by atoms with E-state index >= 15 is 0 Å². The van der Waals surface area contributed by atoms with E-state index in [0.717, 1.165) is 17.7 Å². The molecule has 0 aromatic carbocycles. The Morgan fingerprint density at radius 2 is 1.28 bits per heavy atom. The lowest BCUT2D eigenvalue weighted by molar-refractivity contribution is -0.146. The first-order valence-electron chi connectivity index (χ1n) is 6.20. The van der Waals surface area contributed by atoms with E-state index in [2.05, 4.69) is 0 Å². The minimum absolute atomic E-state index is 0.281. The highest BCUT2D eigenvalue weighted by Gasteiger charge is 2.22. The Morgan fingerprint density at radius 3 is 1.61 bits per heavy atom. The molecule has 0 unspecified atom stereocenters. The highest BCUT2D eigenvalue weighted by Crippen LogP contribution is 2.04. The molecular weight excluding hydrogens is 234 g/mol. The molecule has 0 aliphatic rings. The van der Waals surface area contributed by atoms with Gasteiger partial charge in [0.1, 0.15) is 11.6 Å². The lowest BCUT2D eigenvalue weighted by Gasteiger charge is -2.19. The molecule has 0 aliphatic carbocycles. The molecule has 5 heteroatoms. The van der Waals surface area contributed by atoms with Crippen molar-refractivity contribution in [2.24, 2.45) is 0 Å². The van der Waals surface area contributed by atoms with Crippen LogP contribution in [0.25, 0.3) is 0 Å². The van der Waals surface area contributed by atoms with Crippen molar-refractivity contribution in [3.8, 4) is 0 Å². The number of unbranched alkanes of at least 4 members (excludes halogenated alkanes) is 2. The molecule has 0 aromatic heterocycles. The predicted octanol–water partition coefficient (Wildman–Crippen LogP) is 1.49. The second-order valence-electron chi connectivity index (χ2n) is 4.40. The first-order valence-corrected chi connectivity index (χ1v) is 6.20. The van der Waals surface area contributed by atoms with Gasteiger partial charge in [0.2, 0.25) is 11.8 Å². The van der Waals surface area contributed by atoms with Gasteiger partial charge < -0.3 is 0 Å². The molecule has 0 spiro atoms. The van der Waals surface area contributed by atoms with Crippen molar-refractivity contribution < 1.29 is 19.2 Å². The van der Waals surface area contributed by atoms with Crippen LogP contribution < -0.4 is 0 Å². The number of hydrogen-bond donors (Lipinski definition) is 0. The fourth-order valence-corrected chi connectivity index (χ4v) is 1.53. The minimum Gasteiger partial charge on any atom is -0.299 e. The van der Waals surface area contributed by atoms with Crippen LogP contribution in [0.15, 0.2) is 0 Å². The van der Waals surface area contributed by atoms with E-state index in [0.29, 0.717) is 6.42 Å². The average molecular weight is 255 g/mol. The molecule has 18 heavy (non-hydrogen) atoms. The normalized spacial score (nSPS) is 9.94. The van der Waals surface area contributed by atoms with E-state index in [1.165, 1.54) is 13.8 Å². The Kier molecular flexibility index (Phi) is 7.83. The van der Waals surface area contributed by atoms with E-state index in [9.17, 15) is 19.2 Å². The number of imide groups is 1. The molecule has 2 amide bonds. The molecule has 102 valence electrons. The zero-order valence-electron chi connectivity index (χ0n) is 11.3. The van der Waals surface area contributed by atoms with Gasteiger partial charge in [-0.15, -0.1) is 0 Å². The number of carbonyl (C=O) groups excluding carboxylic acids is 4. The molecule has 0 saturated carbocycles. The summed E-state index contributed by atoms with van der Waals surface area (Å²) in [6, 6.07) is 0.